The van der Waals surface area contributed by atoms with Gasteiger partial charge in [-0.25, -0.2) is 4.99 Å². The molecule has 4 rings (SSSR count). The van der Waals surface area contributed by atoms with Crippen LogP contribution in [0.2, 0.25) is 0 Å². The quantitative estimate of drug-likeness (QED) is 0.658. The molecule has 1 aromatic heterocycles. The molecule has 0 bridgehead atoms. The molecule has 0 atom stereocenters. The molecule has 0 radical (unpaired) electrons. The first kappa shape index (κ1) is 11.9. The van der Waals surface area contributed by atoms with Crippen LogP contribution in [0.25, 0.3) is 10.9 Å². The molecule has 0 saturated heterocycles. The summed E-state index contributed by atoms with van der Waals surface area (Å²) in [6, 6.07) is 6.22. The molecule has 19 heavy (non-hydrogen) atoms. The number of rotatable bonds is 0. The average Bonchev–Trinajstić information content (AvgIpc) is 2.98. The molecule has 1 aliphatic heterocycles. The SMILES string of the molecule is ClC1=Nc2cnc3ccc(Br)cc3c2C12CCCC2. The number of nitrogens with zero attached hydrogens (tertiary/aromatic N) is 2. The Morgan fingerprint density at radius 1 is 1.21 bits per heavy atom. The van der Waals surface area contributed by atoms with Gasteiger partial charge in [0, 0.05) is 15.4 Å². The van der Waals surface area contributed by atoms with Crippen LogP contribution in [0, 0.1) is 0 Å². The minimum absolute atomic E-state index is 0.0428. The number of benzene rings is 1. The van der Waals surface area contributed by atoms with Crippen molar-refractivity contribution >= 4 is 49.3 Å². The summed E-state index contributed by atoms with van der Waals surface area (Å²) in [7, 11) is 0. The van der Waals surface area contributed by atoms with Gasteiger partial charge < -0.3 is 0 Å². The molecule has 0 N–H and O–H groups in total. The fourth-order valence-corrected chi connectivity index (χ4v) is 4.23. The van der Waals surface area contributed by atoms with Crippen LogP contribution in [0.1, 0.15) is 31.2 Å². The largest absolute Gasteiger partial charge is 0.254 e. The standard InChI is InChI=1S/C15H12BrClN2/c16-9-3-4-11-10(7-9)13-12(8-18-11)19-14(17)15(13)5-1-2-6-15/h3-4,7-8H,1-2,5-6H2. The lowest BCUT2D eigenvalue weighted by atomic mass is 9.79. The number of hydrogen-bond donors (Lipinski definition) is 0. The van der Waals surface area contributed by atoms with Crippen LogP contribution in [0.5, 0.6) is 0 Å². The minimum Gasteiger partial charge on any atom is -0.254 e. The molecule has 0 unspecified atom stereocenters. The van der Waals surface area contributed by atoms with Crippen molar-refractivity contribution in [2.24, 2.45) is 4.99 Å². The Morgan fingerprint density at radius 2 is 2.00 bits per heavy atom. The van der Waals surface area contributed by atoms with Gasteiger partial charge in [-0.3, -0.25) is 4.98 Å². The van der Waals surface area contributed by atoms with Crippen LogP contribution in [-0.2, 0) is 5.41 Å². The highest BCUT2D eigenvalue weighted by atomic mass is 79.9. The number of hydrogen-bond acceptors (Lipinski definition) is 2. The van der Waals surface area contributed by atoms with Gasteiger partial charge >= 0.3 is 0 Å². The van der Waals surface area contributed by atoms with Crippen molar-refractivity contribution in [3.8, 4) is 0 Å². The lowest BCUT2D eigenvalue weighted by molar-refractivity contribution is 0.624. The highest BCUT2D eigenvalue weighted by Gasteiger charge is 2.46. The zero-order valence-electron chi connectivity index (χ0n) is 10.3. The molecule has 1 aliphatic carbocycles. The summed E-state index contributed by atoms with van der Waals surface area (Å²) in [6.45, 7) is 0. The van der Waals surface area contributed by atoms with E-state index in [9.17, 15) is 0 Å². The van der Waals surface area contributed by atoms with Gasteiger partial charge in [0.1, 0.15) is 5.17 Å². The number of aromatic nitrogens is 1. The monoisotopic (exact) mass is 334 g/mol. The van der Waals surface area contributed by atoms with Gasteiger partial charge in [0.05, 0.1) is 22.8 Å². The summed E-state index contributed by atoms with van der Waals surface area (Å²) >= 11 is 10.0. The van der Waals surface area contributed by atoms with E-state index in [-0.39, 0.29) is 5.41 Å². The normalized spacial score (nSPS) is 20.0. The Bertz CT molecular complexity index is 717. The molecule has 2 nitrogen and oxygen atoms in total. The van der Waals surface area contributed by atoms with Crippen LogP contribution >= 0.6 is 27.5 Å². The predicted octanol–water partition coefficient (Wildman–Crippen LogP) is 5.09. The number of fused-ring (bicyclic) bond motifs is 4. The maximum atomic E-state index is 6.49. The molecule has 0 amide bonds. The van der Waals surface area contributed by atoms with Crippen molar-refractivity contribution in [2.75, 3.05) is 0 Å². The summed E-state index contributed by atoms with van der Waals surface area (Å²) in [4.78, 5) is 9.07. The topological polar surface area (TPSA) is 25.2 Å². The van der Waals surface area contributed by atoms with Gasteiger partial charge in [-0.2, -0.15) is 0 Å². The Hall–Kier alpha value is -0.930. The highest BCUT2D eigenvalue weighted by Crippen LogP contribution is 2.53. The van der Waals surface area contributed by atoms with Crippen LogP contribution in [0.3, 0.4) is 0 Å². The fraction of sp³-hybridized carbons (Fsp3) is 0.333. The summed E-state index contributed by atoms with van der Waals surface area (Å²) < 4.78 is 1.08. The zero-order chi connectivity index (χ0) is 13.0. The molecule has 2 aliphatic rings. The maximum Gasteiger partial charge on any atom is 0.117 e. The lowest BCUT2D eigenvalue weighted by Crippen LogP contribution is -2.26. The van der Waals surface area contributed by atoms with Gasteiger partial charge in [0.25, 0.3) is 0 Å². The molecular weight excluding hydrogens is 324 g/mol. The molecule has 2 aromatic rings. The number of pyridine rings is 1. The Morgan fingerprint density at radius 3 is 2.79 bits per heavy atom. The van der Waals surface area contributed by atoms with Gasteiger partial charge in [0.15, 0.2) is 0 Å². The summed E-state index contributed by atoms with van der Waals surface area (Å²) in [5.41, 5.74) is 3.23. The second-order valence-corrected chi connectivity index (χ2v) is 6.65. The fourth-order valence-electron chi connectivity index (χ4n) is 3.49. The van der Waals surface area contributed by atoms with Crippen molar-refractivity contribution in [3.05, 3.63) is 34.4 Å². The van der Waals surface area contributed by atoms with Gasteiger partial charge in [-0.1, -0.05) is 40.4 Å². The second-order valence-electron chi connectivity index (χ2n) is 5.37. The van der Waals surface area contributed by atoms with E-state index in [1.807, 2.05) is 12.3 Å². The van der Waals surface area contributed by atoms with Gasteiger partial charge in [-0.05, 0) is 31.0 Å². The Kier molecular flexibility index (Phi) is 2.52. The molecular formula is C15H12BrClN2. The third-order valence-corrected chi connectivity index (χ3v) is 5.30. The van der Waals surface area contributed by atoms with Crippen molar-refractivity contribution < 1.29 is 0 Å². The molecule has 1 saturated carbocycles. The average molecular weight is 336 g/mol. The van der Waals surface area contributed by atoms with E-state index < -0.39 is 0 Å². The van der Waals surface area contributed by atoms with Crippen molar-refractivity contribution in [2.45, 2.75) is 31.1 Å². The second kappa shape index (κ2) is 4.03. The van der Waals surface area contributed by atoms with E-state index in [0.29, 0.717) is 0 Å². The van der Waals surface area contributed by atoms with Crippen molar-refractivity contribution in [3.63, 3.8) is 0 Å². The van der Waals surface area contributed by atoms with Crippen molar-refractivity contribution in [1.29, 1.82) is 0 Å². The molecule has 2 heterocycles. The van der Waals surface area contributed by atoms with Gasteiger partial charge in [-0.15, -0.1) is 0 Å². The summed E-state index contributed by atoms with van der Waals surface area (Å²) in [5, 5.41) is 1.95. The molecule has 1 aromatic carbocycles. The molecule has 1 spiro atoms. The van der Waals surface area contributed by atoms with E-state index >= 15 is 0 Å². The number of aliphatic imine (C=N–C) groups is 1. The third kappa shape index (κ3) is 1.55. The van der Waals surface area contributed by atoms with Crippen LogP contribution < -0.4 is 0 Å². The predicted molar refractivity (Wildman–Crippen MR) is 82.5 cm³/mol. The first-order valence-electron chi connectivity index (χ1n) is 6.54. The summed E-state index contributed by atoms with van der Waals surface area (Å²) in [6.07, 6.45) is 6.52. The smallest absolute Gasteiger partial charge is 0.117 e. The van der Waals surface area contributed by atoms with E-state index in [1.54, 1.807) is 0 Å². The third-order valence-electron chi connectivity index (χ3n) is 4.36. The van der Waals surface area contributed by atoms with E-state index in [0.717, 1.165) is 33.7 Å². The first-order chi connectivity index (χ1) is 9.21. The Balaban J connectivity index is 2.09. The number of halogens is 2. The highest BCUT2D eigenvalue weighted by molar-refractivity contribution is 9.10. The van der Waals surface area contributed by atoms with Crippen LogP contribution in [0.15, 0.2) is 33.9 Å². The minimum atomic E-state index is -0.0428. The molecule has 96 valence electrons. The van der Waals surface area contributed by atoms with Crippen LogP contribution in [0.4, 0.5) is 5.69 Å². The summed E-state index contributed by atoms with van der Waals surface area (Å²) in [5.74, 6) is 0. The van der Waals surface area contributed by atoms with E-state index in [1.165, 1.54) is 23.8 Å². The Labute approximate surface area is 125 Å². The van der Waals surface area contributed by atoms with Crippen molar-refractivity contribution in [1.82, 2.24) is 4.98 Å². The van der Waals surface area contributed by atoms with E-state index in [2.05, 4.69) is 38.0 Å². The molecule has 4 heteroatoms. The first-order valence-corrected chi connectivity index (χ1v) is 7.71. The van der Waals surface area contributed by atoms with Crippen LogP contribution in [-0.4, -0.2) is 10.2 Å². The zero-order valence-corrected chi connectivity index (χ0v) is 12.6. The maximum absolute atomic E-state index is 6.49. The van der Waals surface area contributed by atoms with Gasteiger partial charge in [0.2, 0.25) is 0 Å². The van der Waals surface area contributed by atoms with E-state index in [4.69, 9.17) is 11.6 Å². The molecule has 1 fully saturated rings. The lowest BCUT2D eigenvalue weighted by Gasteiger charge is -2.24.